The van der Waals surface area contributed by atoms with Gasteiger partial charge in [0, 0.05) is 19.1 Å². The van der Waals surface area contributed by atoms with Gasteiger partial charge in [-0.2, -0.15) is 4.98 Å². The van der Waals surface area contributed by atoms with Crippen molar-refractivity contribution in [3.8, 4) is 0 Å². The van der Waals surface area contributed by atoms with Crippen molar-refractivity contribution in [3.63, 3.8) is 0 Å². The van der Waals surface area contributed by atoms with Crippen LogP contribution in [0.3, 0.4) is 0 Å². The molecule has 0 unspecified atom stereocenters. The van der Waals surface area contributed by atoms with Crippen molar-refractivity contribution in [2.24, 2.45) is 5.84 Å². The molecule has 0 bridgehead atoms. The van der Waals surface area contributed by atoms with Crippen molar-refractivity contribution in [2.75, 3.05) is 38.0 Å². The van der Waals surface area contributed by atoms with E-state index in [1.807, 2.05) is 5.38 Å². The molecule has 0 aliphatic heterocycles. The summed E-state index contributed by atoms with van der Waals surface area (Å²) in [5.41, 5.74) is 2.83. The van der Waals surface area contributed by atoms with Crippen LogP contribution >= 0.6 is 11.3 Å². The standard InChI is InChI=1S/C14H22N6S/c1-19(2)14(6-4-7-14)9-20(3)11-10-5-8-21-12(10)17-13(16-11)18-15/h5,8H,4,6-7,9,15H2,1-3H3,(H,16,17,18). The Labute approximate surface area is 128 Å². The van der Waals surface area contributed by atoms with Gasteiger partial charge in [0.25, 0.3) is 0 Å². The summed E-state index contributed by atoms with van der Waals surface area (Å²) in [6.45, 7) is 0.964. The Morgan fingerprint density at radius 2 is 2.10 bits per heavy atom. The lowest BCUT2D eigenvalue weighted by molar-refractivity contribution is 0.0682. The van der Waals surface area contributed by atoms with Crippen molar-refractivity contribution in [1.29, 1.82) is 0 Å². The van der Waals surface area contributed by atoms with Crippen LogP contribution in [0.5, 0.6) is 0 Å². The molecular weight excluding hydrogens is 284 g/mol. The maximum atomic E-state index is 5.49. The van der Waals surface area contributed by atoms with Gasteiger partial charge in [0.15, 0.2) is 0 Å². The van der Waals surface area contributed by atoms with Crippen LogP contribution in [0.1, 0.15) is 19.3 Å². The second kappa shape index (κ2) is 5.40. The molecule has 1 saturated carbocycles. The Bertz CT molecular complexity index is 633. The summed E-state index contributed by atoms with van der Waals surface area (Å²) in [5, 5.41) is 3.14. The maximum Gasteiger partial charge on any atom is 0.240 e. The molecule has 3 N–H and O–H groups in total. The predicted octanol–water partition coefficient (Wildman–Crippen LogP) is 1.90. The average Bonchev–Trinajstić information content (AvgIpc) is 2.88. The van der Waals surface area contributed by atoms with E-state index >= 15 is 0 Å². The lowest BCUT2D eigenvalue weighted by Crippen LogP contribution is -2.56. The fraction of sp³-hybridized carbons (Fsp3) is 0.571. The summed E-state index contributed by atoms with van der Waals surface area (Å²) >= 11 is 1.61. The number of nitrogens with one attached hydrogen (secondary N) is 1. The summed E-state index contributed by atoms with van der Waals surface area (Å²) in [5.74, 6) is 6.91. The number of nitrogens with zero attached hydrogens (tertiary/aromatic N) is 4. The smallest absolute Gasteiger partial charge is 0.240 e. The van der Waals surface area contributed by atoms with Crippen LogP contribution in [0.25, 0.3) is 10.2 Å². The van der Waals surface area contributed by atoms with Crippen LogP contribution in [-0.2, 0) is 0 Å². The Morgan fingerprint density at radius 1 is 1.33 bits per heavy atom. The fourth-order valence-corrected chi connectivity index (χ4v) is 3.80. The van der Waals surface area contributed by atoms with E-state index in [1.165, 1.54) is 19.3 Å². The van der Waals surface area contributed by atoms with Gasteiger partial charge in [0.05, 0.1) is 5.39 Å². The molecule has 0 spiro atoms. The minimum Gasteiger partial charge on any atom is -0.357 e. The molecule has 2 heterocycles. The van der Waals surface area contributed by atoms with Crippen molar-refractivity contribution >= 4 is 33.3 Å². The van der Waals surface area contributed by atoms with Gasteiger partial charge < -0.3 is 9.80 Å². The highest BCUT2D eigenvalue weighted by Crippen LogP contribution is 2.38. The minimum atomic E-state index is 0.262. The van der Waals surface area contributed by atoms with Crippen molar-refractivity contribution in [2.45, 2.75) is 24.8 Å². The zero-order valence-electron chi connectivity index (χ0n) is 12.8. The van der Waals surface area contributed by atoms with E-state index < -0.39 is 0 Å². The van der Waals surface area contributed by atoms with E-state index in [0.717, 1.165) is 22.6 Å². The van der Waals surface area contributed by atoms with Crippen LogP contribution in [-0.4, -0.2) is 48.1 Å². The lowest BCUT2D eigenvalue weighted by Gasteiger charge is -2.49. The van der Waals surface area contributed by atoms with Crippen LogP contribution in [0.15, 0.2) is 11.4 Å². The van der Waals surface area contributed by atoms with E-state index in [0.29, 0.717) is 5.95 Å². The van der Waals surface area contributed by atoms with Gasteiger partial charge in [-0.15, -0.1) is 11.3 Å². The molecule has 7 heteroatoms. The first-order chi connectivity index (χ1) is 10.1. The highest BCUT2D eigenvalue weighted by Gasteiger charge is 2.40. The number of hydrazine groups is 1. The molecule has 0 aromatic carbocycles. The van der Waals surface area contributed by atoms with Crippen LogP contribution in [0, 0.1) is 0 Å². The summed E-state index contributed by atoms with van der Waals surface area (Å²) in [6.07, 6.45) is 3.79. The van der Waals surface area contributed by atoms with Gasteiger partial charge >= 0.3 is 0 Å². The molecule has 2 aromatic heterocycles. The van der Waals surface area contributed by atoms with Gasteiger partial charge in [-0.3, -0.25) is 5.43 Å². The van der Waals surface area contributed by atoms with Gasteiger partial charge in [0.1, 0.15) is 10.6 Å². The van der Waals surface area contributed by atoms with Gasteiger partial charge in [-0.25, -0.2) is 10.8 Å². The quantitative estimate of drug-likeness (QED) is 0.649. The number of thiophene rings is 1. The highest BCUT2D eigenvalue weighted by atomic mass is 32.1. The third-order valence-corrected chi connectivity index (χ3v) is 5.37. The molecule has 1 fully saturated rings. The molecule has 6 nitrogen and oxygen atoms in total. The number of anilines is 2. The Hall–Kier alpha value is -1.44. The number of hydrogen-bond acceptors (Lipinski definition) is 7. The summed E-state index contributed by atoms with van der Waals surface area (Å²) < 4.78 is 0. The summed E-state index contributed by atoms with van der Waals surface area (Å²) in [4.78, 5) is 14.5. The number of rotatable bonds is 5. The van der Waals surface area contributed by atoms with Crippen LogP contribution in [0.4, 0.5) is 11.8 Å². The van der Waals surface area contributed by atoms with E-state index in [1.54, 1.807) is 11.3 Å². The molecule has 1 aliphatic carbocycles. The molecule has 1 aliphatic rings. The van der Waals surface area contributed by atoms with E-state index in [9.17, 15) is 0 Å². The third-order valence-electron chi connectivity index (χ3n) is 4.56. The number of nitrogens with two attached hydrogens (primary N) is 1. The first-order valence-electron chi connectivity index (χ1n) is 7.16. The maximum absolute atomic E-state index is 5.49. The van der Waals surface area contributed by atoms with E-state index in [4.69, 9.17) is 5.84 Å². The first-order valence-corrected chi connectivity index (χ1v) is 8.04. The van der Waals surface area contributed by atoms with Gasteiger partial charge in [0.2, 0.25) is 5.95 Å². The molecule has 3 rings (SSSR count). The topological polar surface area (TPSA) is 70.3 Å². The van der Waals surface area contributed by atoms with Crippen LogP contribution < -0.4 is 16.2 Å². The minimum absolute atomic E-state index is 0.262. The summed E-state index contributed by atoms with van der Waals surface area (Å²) in [7, 11) is 6.43. The molecule has 0 amide bonds. The number of nitrogen functional groups attached to an aromatic ring is 1. The van der Waals surface area contributed by atoms with E-state index in [-0.39, 0.29) is 5.54 Å². The van der Waals surface area contributed by atoms with Gasteiger partial charge in [-0.05, 0) is 44.8 Å². The second-order valence-corrected chi connectivity index (χ2v) is 6.88. The Morgan fingerprint density at radius 3 is 2.67 bits per heavy atom. The molecule has 0 saturated heterocycles. The molecule has 0 atom stereocenters. The zero-order valence-corrected chi connectivity index (χ0v) is 13.6. The van der Waals surface area contributed by atoms with Crippen molar-refractivity contribution in [3.05, 3.63) is 11.4 Å². The average molecular weight is 306 g/mol. The Kier molecular flexibility index (Phi) is 3.73. The molecule has 2 aromatic rings. The number of hydrogen-bond donors (Lipinski definition) is 2. The fourth-order valence-electron chi connectivity index (χ4n) is 3.04. The van der Waals surface area contributed by atoms with Crippen molar-refractivity contribution < 1.29 is 0 Å². The van der Waals surface area contributed by atoms with Crippen LogP contribution in [0.2, 0.25) is 0 Å². The molecule has 0 radical (unpaired) electrons. The van der Waals surface area contributed by atoms with Gasteiger partial charge in [-0.1, -0.05) is 0 Å². The monoisotopic (exact) mass is 306 g/mol. The first kappa shape index (κ1) is 14.5. The van der Waals surface area contributed by atoms with E-state index in [2.05, 4.69) is 52.4 Å². The molecule has 21 heavy (non-hydrogen) atoms. The zero-order chi connectivity index (χ0) is 15.0. The summed E-state index contributed by atoms with van der Waals surface area (Å²) in [6, 6.07) is 2.08. The SMILES string of the molecule is CN(CC1(N(C)C)CCC1)c1nc(NN)nc2sccc12. The highest BCUT2D eigenvalue weighted by molar-refractivity contribution is 7.16. The Balaban J connectivity index is 1.93. The molecule has 114 valence electrons. The third kappa shape index (κ3) is 2.45. The largest absolute Gasteiger partial charge is 0.357 e. The van der Waals surface area contributed by atoms with Crippen molar-refractivity contribution in [1.82, 2.24) is 14.9 Å². The normalized spacial score (nSPS) is 17.0. The predicted molar refractivity (Wildman–Crippen MR) is 88.8 cm³/mol. The lowest BCUT2D eigenvalue weighted by atomic mass is 9.75. The second-order valence-electron chi connectivity index (χ2n) is 5.98. The number of likely N-dealkylation sites (N-methyl/N-ethyl adjacent to an activating group) is 2. The number of aromatic nitrogens is 2. The molecular formula is C14H22N6S. The number of fused-ring (bicyclic) bond motifs is 1.